The van der Waals surface area contributed by atoms with Crippen LogP contribution >= 0.6 is 0 Å². The van der Waals surface area contributed by atoms with Crippen molar-refractivity contribution in [1.29, 1.82) is 0 Å². The average Bonchev–Trinajstić information content (AvgIpc) is 3.21. The minimum atomic E-state index is -0.964. The van der Waals surface area contributed by atoms with Crippen molar-refractivity contribution in [2.24, 2.45) is 0 Å². The number of aromatic nitrogens is 2. The normalized spacial score (nSPS) is 15.7. The summed E-state index contributed by atoms with van der Waals surface area (Å²) in [5, 5.41) is 6.45. The molecule has 1 fully saturated rings. The minimum Gasteiger partial charge on any atom is -0.456 e. The molecule has 3 rings (SSSR count). The number of hydrogen-bond donors (Lipinski definition) is 1. The van der Waals surface area contributed by atoms with E-state index in [2.05, 4.69) is 29.3 Å². The van der Waals surface area contributed by atoms with Crippen LogP contribution in [-0.4, -0.2) is 45.0 Å². The molecule has 0 atom stereocenters. The van der Waals surface area contributed by atoms with E-state index >= 15 is 0 Å². The van der Waals surface area contributed by atoms with Gasteiger partial charge in [0, 0.05) is 12.1 Å². The number of rotatable bonds is 7. The van der Waals surface area contributed by atoms with Gasteiger partial charge in [0.1, 0.15) is 5.54 Å². The molecule has 1 aromatic carbocycles. The summed E-state index contributed by atoms with van der Waals surface area (Å²) >= 11 is 0. The molecule has 0 bridgehead atoms. The lowest BCUT2D eigenvalue weighted by atomic mass is 10.0. The highest BCUT2D eigenvalue weighted by molar-refractivity contribution is 6.06. The molecule has 2 heterocycles. The van der Waals surface area contributed by atoms with Crippen molar-refractivity contribution in [2.75, 3.05) is 6.54 Å². The first kappa shape index (κ1) is 20.5. The second-order valence-corrected chi connectivity index (χ2v) is 7.71. The number of imide groups is 1. The number of ether oxygens (including phenoxy) is 1. The summed E-state index contributed by atoms with van der Waals surface area (Å²) in [4.78, 5) is 41.1. The van der Waals surface area contributed by atoms with E-state index < -0.39 is 17.5 Å². The second-order valence-electron chi connectivity index (χ2n) is 7.71. The van der Waals surface area contributed by atoms with E-state index in [0.29, 0.717) is 11.7 Å². The summed E-state index contributed by atoms with van der Waals surface area (Å²) in [5.41, 5.74) is 1.05. The molecular formula is C20H24N4O5. The molecule has 0 radical (unpaired) electrons. The van der Waals surface area contributed by atoms with Crippen LogP contribution in [0, 0.1) is 0 Å². The molecule has 1 aliphatic heterocycles. The van der Waals surface area contributed by atoms with Crippen LogP contribution in [0.15, 0.2) is 28.8 Å². The zero-order valence-corrected chi connectivity index (χ0v) is 16.9. The molecule has 9 nitrogen and oxygen atoms in total. The smallest absolute Gasteiger partial charge is 0.325 e. The van der Waals surface area contributed by atoms with E-state index in [1.165, 1.54) is 5.56 Å². The van der Waals surface area contributed by atoms with Gasteiger partial charge in [0.15, 0.2) is 6.61 Å². The average molecular weight is 400 g/mol. The van der Waals surface area contributed by atoms with Crippen molar-refractivity contribution in [1.82, 2.24) is 20.4 Å². The summed E-state index contributed by atoms with van der Waals surface area (Å²) < 4.78 is 10.2. The Kier molecular flexibility index (Phi) is 5.67. The van der Waals surface area contributed by atoms with Crippen molar-refractivity contribution in [3.8, 4) is 11.4 Å². The van der Waals surface area contributed by atoms with Gasteiger partial charge in [-0.15, -0.1) is 0 Å². The number of nitrogens with one attached hydrogen (secondary N) is 1. The quantitative estimate of drug-likeness (QED) is 0.561. The van der Waals surface area contributed by atoms with Gasteiger partial charge >= 0.3 is 12.0 Å². The number of carbonyl (C=O) groups excluding carboxylic acids is 3. The predicted molar refractivity (Wildman–Crippen MR) is 103 cm³/mol. The number of amides is 3. The first-order chi connectivity index (χ1) is 13.7. The Morgan fingerprint density at radius 1 is 1.24 bits per heavy atom. The Hall–Kier alpha value is -3.23. The van der Waals surface area contributed by atoms with Gasteiger partial charge in [-0.25, -0.2) is 4.79 Å². The Labute approximate surface area is 168 Å². The Morgan fingerprint density at radius 3 is 2.52 bits per heavy atom. The first-order valence-corrected chi connectivity index (χ1v) is 9.40. The largest absolute Gasteiger partial charge is 0.456 e. The van der Waals surface area contributed by atoms with Crippen LogP contribution in [0.25, 0.3) is 11.4 Å². The van der Waals surface area contributed by atoms with E-state index in [0.717, 1.165) is 10.5 Å². The van der Waals surface area contributed by atoms with Gasteiger partial charge in [0.25, 0.3) is 11.8 Å². The van der Waals surface area contributed by atoms with E-state index in [1.54, 1.807) is 13.8 Å². The van der Waals surface area contributed by atoms with Crippen molar-refractivity contribution < 1.29 is 23.6 Å². The number of carbonyl (C=O) groups is 3. The van der Waals surface area contributed by atoms with E-state index in [9.17, 15) is 14.4 Å². The van der Waals surface area contributed by atoms with E-state index in [1.807, 2.05) is 24.3 Å². The standard InChI is InChI=1S/C20H24N4O5/c1-12(2)13-5-7-14(8-6-13)17-21-15(29-23-17)11-28-16(25)9-10-24-18(26)20(3,4)22-19(24)27/h5-8,12H,9-11H2,1-4H3,(H,22,27). The highest BCUT2D eigenvalue weighted by atomic mass is 16.6. The molecule has 29 heavy (non-hydrogen) atoms. The lowest BCUT2D eigenvalue weighted by Crippen LogP contribution is -2.40. The van der Waals surface area contributed by atoms with Crippen molar-refractivity contribution >= 4 is 17.9 Å². The summed E-state index contributed by atoms with van der Waals surface area (Å²) in [6, 6.07) is 7.32. The van der Waals surface area contributed by atoms with Crippen LogP contribution < -0.4 is 5.32 Å². The van der Waals surface area contributed by atoms with Crippen LogP contribution in [0.3, 0.4) is 0 Å². The number of hydrogen-bond acceptors (Lipinski definition) is 7. The SMILES string of the molecule is CC(C)c1ccc(-c2noc(COC(=O)CCN3C(=O)NC(C)(C)C3=O)n2)cc1. The molecule has 1 aliphatic rings. The Morgan fingerprint density at radius 2 is 1.93 bits per heavy atom. The highest BCUT2D eigenvalue weighted by Crippen LogP contribution is 2.21. The summed E-state index contributed by atoms with van der Waals surface area (Å²) in [6.45, 7) is 7.21. The maximum absolute atomic E-state index is 12.1. The summed E-state index contributed by atoms with van der Waals surface area (Å²) in [5.74, 6) is 0.0549. The molecule has 1 saturated heterocycles. The molecule has 3 amide bonds. The third-order valence-electron chi connectivity index (χ3n) is 4.64. The van der Waals surface area contributed by atoms with Gasteiger partial charge in [-0.05, 0) is 25.3 Å². The molecule has 0 unspecified atom stereocenters. The zero-order valence-electron chi connectivity index (χ0n) is 16.9. The molecule has 1 N–H and O–H groups in total. The van der Waals surface area contributed by atoms with Crippen molar-refractivity contribution in [2.45, 2.75) is 52.2 Å². The van der Waals surface area contributed by atoms with Gasteiger partial charge in [0.05, 0.1) is 6.42 Å². The fraction of sp³-hybridized carbons (Fsp3) is 0.450. The molecule has 9 heteroatoms. The fourth-order valence-corrected chi connectivity index (χ4v) is 2.89. The van der Waals surface area contributed by atoms with Gasteiger partial charge in [-0.3, -0.25) is 14.5 Å². The van der Waals surface area contributed by atoms with Gasteiger partial charge in [-0.1, -0.05) is 43.3 Å². The summed E-state index contributed by atoms with van der Waals surface area (Å²) in [6.07, 6.45) is -0.118. The van der Waals surface area contributed by atoms with Gasteiger partial charge < -0.3 is 14.6 Å². The van der Waals surface area contributed by atoms with E-state index in [4.69, 9.17) is 9.26 Å². The number of urea groups is 1. The molecule has 0 aliphatic carbocycles. The Balaban J connectivity index is 1.50. The van der Waals surface area contributed by atoms with Gasteiger partial charge in [0.2, 0.25) is 5.82 Å². The minimum absolute atomic E-state index is 0.0514. The maximum Gasteiger partial charge on any atom is 0.325 e. The van der Waals surface area contributed by atoms with Crippen LogP contribution in [0.1, 0.15) is 51.5 Å². The highest BCUT2D eigenvalue weighted by Gasteiger charge is 2.44. The van der Waals surface area contributed by atoms with Crippen LogP contribution in [0.5, 0.6) is 0 Å². The molecule has 0 saturated carbocycles. The number of benzene rings is 1. The number of nitrogens with zero attached hydrogens (tertiary/aromatic N) is 3. The van der Waals surface area contributed by atoms with Crippen molar-refractivity contribution in [3.63, 3.8) is 0 Å². The lowest BCUT2D eigenvalue weighted by Gasteiger charge is -2.15. The molecule has 2 aromatic rings. The lowest BCUT2D eigenvalue weighted by molar-refractivity contribution is -0.146. The van der Waals surface area contributed by atoms with E-state index in [-0.39, 0.29) is 31.4 Å². The van der Waals surface area contributed by atoms with Crippen molar-refractivity contribution in [3.05, 3.63) is 35.7 Å². The third-order valence-corrected chi connectivity index (χ3v) is 4.64. The number of esters is 1. The monoisotopic (exact) mass is 400 g/mol. The molecule has 154 valence electrons. The molecule has 0 spiro atoms. The predicted octanol–water partition coefficient (Wildman–Crippen LogP) is 2.62. The van der Waals surface area contributed by atoms with Crippen LogP contribution in [0.4, 0.5) is 4.79 Å². The molecular weight excluding hydrogens is 376 g/mol. The summed E-state index contributed by atoms with van der Waals surface area (Å²) in [7, 11) is 0. The Bertz CT molecular complexity index is 917. The fourth-order valence-electron chi connectivity index (χ4n) is 2.89. The van der Waals surface area contributed by atoms with Gasteiger partial charge in [-0.2, -0.15) is 4.98 Å². The van der Waals surface area contributed by atoms with Crippen LogP contribution in [0.2, 0.25) is 0 Å². The topological polar surface area (TPSA) is 115 Å². The third kappa shape index (κ3) is 4.61. The molecule has 1 aromatic heterocycles. The zero-order chi connectivity index (χ0) is 21.2. The second kappa shape index (κ2) is 8.02. The maximum atomic E-state index is 12.1. The first-order valence-electron chi connectivity index (χ1n) is 9.40. The van der Waals surface area contributed by atoms with Crippen LogP contribution in [-0.2, 0) is 20.9 Å².